The van der Waals surface area contributed by atoms with Gasteiger partial charge in [0.25, 0.3) is 0 Å². The van der Waals surface area contributed by atoms with Gasteiger partial charge in [-0.15, -0.1) is 4.68 Å². The van der Waals surface area contributed by atoms with Crippen LogP contribution in [0, 0.1) is 34.5 Å². The Balaban J connectivity index is 1.12. The minimum absolute atomic E-state index is 0.0474. The van der Waals surface area contributed by atoms with Crippen LogP contribution in [0.5, 0.6) is 0 Å². The number of alkyl halides is 2. The zero-order chi connectivity index (χ0) is 30.0. The van der Waals surface area contributed by atoms with Crippen molar-refractivity contribution in [3.63, 3.8) is 0 Å². The van der Waals surface area contributed by atoms with Crippen molar-refractivity contribution in [2.24, 2.45) is 34.5 Å². The molecule has 3 heterocycles. The molecule has 0 radical (unpaired) electrons. The molecule has 0 aromatic carbocycles. The molecule has 2 spiro atoms. The summed E-state index contributed by atoms with van der Waals surface area (Å²) in [6.45, 7) is 7.32. The van der Waals surface area contributed by atoms with Gasteiger partial charge in [-0.2, -0.15) is 5.10 Å². The van der Waals surface area contributed by atoms with E-state index in [0.717, 1.165) is 17.8 Å². The van der Waals surface area contributed by atoms with Crippen LogP contribution in [0.4, 0.5) is 8.78 Å². The molecule has 3 N–H and O–H groups in total. The SMILES string of the molecule is CNC1CCC(C[n+]2cc3c([nH]2)C=C2[C@@H](F)C[C@H]4[C@@H]5C[C@H](C)[C@@]6(OCOC67COCO7)[C@@]5(C)C[C@H](O)[C@]4(F)[C@@]2(C)C3)CC1. The van der Waals surface area contributed by atoms with Gasteiger partial charge in [0.05, 0.1) is 6.10 Å². The number of rotatable bonds is 3. The summed E-state index contributed by atoms with van der Waals surface area (Å²) in [6.07, 6.45) is 7.33. The number of hydrogen-bond acceptors (Lipinski definition) is 6. The number of ether oxygens (including phenoxy) is 4. The predicted molar refractivity (Wildman–Crippen MR) is 153 cm³/mol. The van der Waals surface area contributed by atoms with Gasteiger partial charge in [0.2, 0.25) is 5.79 Å². The topological polar surface area (TPSA) is 88.9 Å². The Hall–Kier alpha value is -1.43. The quantitative estimate of drug-likeness (QED) is 0.453. The largest absolute Gasteiger partial charge is 0.390 e. The van der Waals surface area contributed by atoms with E-state index in [0.29, 0.717) is 30.4 Å². The Morgan fingerprint density at radius 3 is 2.58 bits per heavy atom. The monoisotopic (exact) mass is 604 g/mol. The van der Waals surface area contributed by atoms with E-state index in [4.69, 9.17) is 18.9 Å². The number of aliphatic hydroxyl groups excluding tert-OH is 1. The minimum atomic E-state index is -1.98. The maximum absolute atomic E-state index is 18.2. The van der Waals surface area contributed by atoms with Gasteiger partial charge in [-0.05, 0) is 81.9 Å². The molecule has 8 nitrogen and oxygen atoms in total. The Morgan fingerprint density at radius 1 is 1.09 bits per heavy atom. The smallest absolute Gasteiger partial charge is 0.227 e. The van der Waals surface area contributed by atoms with E-state index in [-0.39, 0.29) is 44.9 Å². The summed E-state index contributed by atoms with van der Waals surface area (Å²) in [7, 11) is 2.04. The van der Waals surface area contributed by atoms with Crippen molar-refractivity contribution in [3.05, 3.63) is 23.0 Å². The second-order valence-corrected chi connectivity index (χ2v) is 15.4. The van der Waals surface area contributed by atoms with Gasteiger partial charge in [0.15, 0.2) is 26.3 Å². The summed E-state index contributed by atoms with van der Waals surface area (Å²) in [4.78, 5) is 0. The van der Waals surface area contributed by atoms with Gasteiger partial charge in [-0.25, -0.2) is 8.78 Å². The van der Waals surface area contributed by atoms with Crippen LogP contribution < -0.4 is 10.00 Å². The molecular formula is C33H48F2N3O5+. The van der Waals surface area contributed by atoms with E-state index in [1.165, 1.54) is 25.7 Å². The molecule has 2 saturated heterocycles. The molecule has 1 unspecified atom stereocenters. The van der Waals surface area contributed by atoms with Crippen LogP contribution in [0.2, 0.25) is 0 Å². The van der Waals surface area contributed by atoms with E-state index >= 15 is 8.78 Å². The lowest BCUT2D eigenvalue weighted by Crippen LogP contribution is -2.73. The molecule has 2 aliphatic heterocycles. The molecule has 5 aliphatic carbocycles. The van der Waals surface area contributed by atoms with Crippen LogP contribution >= 0.6 is 0 Å². The van der Waals surface area contributed by atoms with Crippen LogP contribution in [0.1, 0.15) is 77.0 Å². The molecule has 1 aromatic rings. The molecule has 7 aliphatic rings. The third-order valence-electron chi connectivity index (χ3n) is 13.7. The van der Waals surface area contributed by atoms with Gasteiger partial charge in [0.1, 0.15) is 29.7 Å². The molecule has 0 bridgehead atoms. The first-order valence-corrected chi connectivity index (χ1v) is 16.5. The molecule has 1 aromatic heterocycles. The van der Waals surface area contributed by atoms with Gasteiger partial charge < -0.3 is 29.4 Å². The highest BCUT2D eigenvalue weighted by Gasteiger charge is 2.82. The standard InChI is InChI=1S/C33H47F2N3O5/c1-19-9-23-24-10-26(34)25-11-27-21(15-38(37-27)14-20-5-7-22(36-4)8-6-20)12-29(25,2)32(24,35)28(39)13-30(23,3)33(19)31(42-18-43-33)16-40-17-41-31/h11,15,19-20,22-24,26,28,36,39H,5-10,12-14,16-18H2,1-4H3/p+1/t19-,20?,22?,23-,24-,26-,28-,29-,30-,31?,32-,33+/m0/s1. The molecule has 8 rings (SSSR count). The second kappa shape index (κ2) is 9.55. The molecule has 0 amide bonds. The summed E-state index contributed by atoms with van der Waals surface area (Å²) in [5, 5.41) is 18.9. The Kier molecular flexibility index (Phi) is 6.44. The summed E-state index contributed by atoms with van der Waals surface area (Å²) >= 11 is 0. The molecule has 10 heteroatoms. The lowest BCUT2D eigenvalue weighted by molar-refractivity contribution is -0.756. The van der Waals surface area contributed by atoms with Crippen molar-refractivity contribution >= 4 is 6.08 Å². The second-order valence-electron chi connectivity index (χ2n) is 15.4. The van der Waals surface area contributed by atoms with Crippen LogP contribution in [0.3, 0.4) is 0 Å². The average Bonchev–Trinajstić information content (AvgIpc) is 3.75. The predicted octanol–water partition coefficient (Wildman–Crippen LogP) is 3.96. The van der Waals surface area contributed by atoms with Crippen molar-refractivity contribution in [2.45, 2.75) is 114 Å². The minimum Gasteiger partial charge on any atom is -0.390 e. The number of hydrogen-bond donors (Lipinski definition) is 3. The average molecular weight is 605 g/mol. The maximum Gasteiger partial charge on any atom is 0.227 e. The molecule has 238 valence electrons. The van der Waals surface area contributed by atoms with Gasteiger partial charge in [-0.3, -0.25) is 0 Å². The fraction of sp³-hybridized carbons (Fsp3) is 0.848. The van der Waals surface area contributed by atoms with E-state index in [1.807, 2.05) is 20.0 Å². The lowest BCUT2D eigenvalue weighted by atomic mass is 9.43. The number of nitrogens with one attached hydrogen (secondary N) is 2. The highest BCUT2D eigenvalue weighted by atomic mass is 19.1. The van der Waals surface area contributed by atoms with Crippen molar-refractivity contribution in [3.8, 4) is 0 Å². The molecule has 6 fully saturated rings. The van der Waals surface area contributed by atoms with Gasteiger partial charge >= 0.3 is 0 Å². The third kappa shape index (κ3) is 3.54. The first-order chi connectivity index (χ1) is 20.5. The Labute approximate surface area is 252 Å². The summed E-state index contributed by atoms with van der Waals surface area (Å²) in [5.41, 5.74) is -2.38. The van der Waals surface area contributed by atoms with E-state index < -0.39 is 46.1 Å². The van der Waals surface area contributed by atoms with Crippen molar-refractivity contribution in [2.75, 3.05) is 27.2 Å². The number of allylic oxidation sites excluding steroid dienone is 1. The zero-order valence-corrected chi connectivity index (χ0v) is 26.0. The molecular weight excluding hydrogens is 556 g/mol. The molecule has 4 saturated carbocycles. The summed E-state index contributed by atoms with van der Waals surface area (Å²) in [5.74, 6) is -1.44. The number of halogens is 2. The Morgan fingerprint density at radius 2 is 1.86 bits per heavy atom. The van der Waals surface area contributed by atoms with Crippen molar-refractivity contribution < 1.29 is 37.5 Å². The third-order valence-corrected chi connectivity index (χ3v) is 13.7. The number of aromatic amines is 1. The van der Waals surface area contributed by atoms with Gasteiger partial charge in [0, 0.05) is 34.3 Å². The normalized spacial score (nSPS) is 52.2. The van der Waals surface area contributed by atoms with Gasteiger partial charge in [-0.1, -0.05) is 20.8 Å². The highest BCUT2D eigenvalue weighted by Crippen LogP contribution is 2.74. The van der Waals surface area contributed by atoms with Crippen LogP contribution in [-0.2, 0) is 31.9 Å². The zero-order valence-electron chi connectivity index (χ0n) is 26.0. The summed E-state index contributed by atoms with van der Waals surface area (Å²) < 4.78 is 61.2. The van der Waals surface area contributed by atoms with Crippen LogP contribution in [0.15, 0.2) is 11.8 Å². The van der Waals surface area contributed by atoms with Crippen LogP contribution in [-0.4, -0.2) is 72.8 Å². The van der Waals surface area contributed by atoms with E-state index in [9.17, 15) is 5.11 Å². The first kappa shape index (κ1) is 29.0. The first-order valence-electron chi connectivity index (χ1n) is 16.5. The Bertz CT molecular complexity index is 1300. The van der Waals surface area contributed by atoms with E-state index in [1.54, 1.807) is 0 Å². The number of fused-ring (bicyclic) bond motifs is 8. The molecule has 43 heavy (non-hydrogen) atoms. The highest BCUT2D eigenvalue weighted by molar-refractivity contribution is 5.61. The number of nitrogens with zero attached hydrogens (tertiary/aromatic N) is 1. The van der Waals surface area contributed by atoms with E-state index in [2.05, 4.69) is 35.1 Å². The maximum atomic E-state index is 18.2. The summed E-state index contributed by atoms with van der Waals surface area (Å²) in [6, 6.07) is 0.597. The number of H-pyrrole nitrogens is 1. The number of aliphatic hydroxyl groups is 1. The fourth-order valence-electron chi connectivity index (χ4n) is 11.7. The molecule has 10 atom stereocenters. The fourth-order valence-corrected chi connectivity index (χ4v) is 11.7. The van der Waals surface area contributed by atoms with Crippen molar-refractivity contribution in [1.82, 2.24) is 10.4 Å². The number of aromatic nitrogens is 2. The van der Waals surface area contributed by atoms with Crippen LogP contribution in [0.25, 0.3) is 6.08 Å². The van der Waals surface area contributed by atoms with Crippen molar-refractivity contribution in [1.29, 1.82) is 0 Å². The lowest BCUT2D eigenvalue weighted by Gasteiger charge is -2.64.